The normalized spacial score (nSPS) is 16.5. The number of carbonyl (C=O) groups is 2. The maximum Gasteiger partial charge on any atom is 0.401 e. The lowest BCUT2D eigenvalue weighted by atomic mass is 9.95. The average Bonchev–Trinajstić information content (AvgIpc) is 2.66. The van der Waals surface area contributed by atoms with Crippen LogP contribution in [0.4, 0.5) is 33.3 Å². The van der Waals surface area contributed by atoms with Crippen molar-refractivity contribution >= 4 is 23.2 Å². The molecule has 7 nitrogen and oxygen atoms in total. The van der Waals surface area contributed by atoms with Crippen LogP contribution >= 0.6 is 0 Å². The van der Waals surface area contributed by atoms with Gasteiger partial charge in [-0.15, -0.1) is 0 Å². The highest BCUT2D eigenvalue weighted by Gasteiger charge is 2.38. The highest BCUT2D eigenvalue weighted by molar-refractivity contribution is 5.97. The summed E-state index contributed by atoms with van der Waals surface area (Å²) in [6.07, 6.45) is -7.52. The molecule has 33 heavy (non-hydrogen) atoms. The van der Waals surface area contributed by atoms with E-state index in [1.165, 1.54) is 17.0 Å². The molecule has 1 aromatic rings. The first kappa shape index (κ1) is 26.9. The zero-order valence-corrected chi connectivity index (χ0v) is 18.7. The fraction of sp³-hybridized carbons (Fsp3) is 0.619. The predicted molar refractivity (Wildman–Crippen MR) is 113 cm³/mol. The van der Waals surface area contributed by atoms with Gasteiger partial charge in [-0.3, -0.25) is 14.5 Å². The van der Waals surface area contributed by atoms with E-state index >= 15 is 0 Å². The molecule has 2 amide bonds. The molecule has 1 aromatic carbocycles. The maximum absolute atomic E-state index is 13.7. The molecule has 1 fully saturated rings. The van der Waals surface area contributed by atoms with Gasteiger partial charge in [0.25, 0.3) is 12.3 Å². The highest BCUT2D eigenvalue weighted by atomic mass is 19.4. The van der Waals surface area contributed by atoms with E-state index in [2.05, 4.69) is 5.32 Å². The Bertz CT molecular complexity index is 826. The summed E-state index contributed by atoms with van der Waals surface area (Å²) in [6, 6.07) is 2.25. The third kappa shape index (κ3) is 7.90. The fourth-order valence-corrected chi connectivity index (χ4v) is 3.59. The first-order valence-electron chi connectivity index (χ1n) is 10.3. The molecule has 1 atom stereocenters. The zero-order valence-electron chi connectivity index (χ0n) is 18.7. The van der Waals surface area contributed by atoms with Gasteiger partial charge in [0.05, 0.1) is 18.8 Å². The van der Waals surface area contributed by atoms with Gasteiger partial charge in [0.2, 0.25) is 5.91 Å². The number of nitrogens with two attached hydrogens (primary N) is 1. The van der Waals surface area contributed by atoms with Gasteiger partial charge >= 0.3 is 6.18 Å². The first-order valence-corrected chi connectivity index (χ1v) is 10.3. The summed E-state index contributed by atoms with van der Waals surface area (Å²) in [6.45, 7) is 3.41. The number of hydrogen-bond donors (Lipinski definition) is 2. The number of amides is 2. The quantitative estimate of drug-likeness (QED) is 0.559. The van der Waals surface area contributed by atoms with Crippen LogP contribution in [0.25, 0.3) is 0 Å². The number of nitrogens with one attached hydrogen (secondary N) is 1. The van der Waals surface area contributed by atoms with Gasteiger partial charge in [0, 0.05) is 30.9 Å². The van der Waals surface area contributed by atoms with Crippen molar-refractivity contribution in [1.29, 1.82) is 0 Å². The van der Waals surface area contributed by atoms with E-state index in [4.69, 9.17) is 10.5 Å². The average molecular weight is 480 g/mol. The second kappa shape index (κ2) is 10.7. The number of nitrogens with zero attached hydrogens (tertiary/aromatic N) is 2. The largest absolute Gasteiger partial charge is 0.401 e. The van der Waals surface area contributed by atoms with Crippen LogP contribution in [0.3, 0.4) is 0 Å². The number of alkyl halides is 5. The van der Waals surface area contributed by atoms with Crippen molar-refractivity contribution in [2.45, 2.75) is 39.4 Å². The van der Waals surface area contributed by atoms with Gasteiger partial charge in [0.15, 0.2) is 0 Å². The number of carbonyl (C=O) groups excluding carboxylic acids is 2. The van der Waals surface area contributed by atoms with Crippen molar-refractivity contribution in [2.75, 3.05) is 49.6 Å². The number of benzene rings is 1. The van der Waals surface area contributed by atoms with E-state index in [1.807, 2.05) is 0 Å². The lowest BCUT2D eigenvalue weighted by Gasteiger charge is -2.35. The Morgan fingerprint density at radius 1 is 1.24 bits per heavy atom. The molecule has 0 saturated carbocycles. The number of ether oxygens (including phenoxy) is 1. The van der Waals surface area contributed by atoms with Crippen LogP contribution in [0, 0.1) is 5.41 Å². The molecule has 0 aromatic heterocycles. The number of halogens is 5. The standard InChI is InChI=1S/C21H29F5N4O3/c1-20(2,3)11-29(12-21(24,25)26)16(9-27)19(32)28-13-4-5-15(14(8-13)18(22)23)30-6-7-33-10-17(30)31/h4-5,8,16,18H,6-7,9-12,27H2,1-3H3,(H,28,32)/t16-/m1/s1. The fourth-order valence-electron chi connectivity index (χ4n) is 3.59. The van der Waals surface area contributed by atoms with Gasteiger partial charge in [-0.25, -0.2) is 8.78 Å². The summed E-state index contributed by atoms with van der Waals surface area (Å²) in [5.41, 5.74) is 4.53. The lowest BCUT2D eigenvalue weighted by molar-refractivity contribution is -0.156. The number of morpholine rings is 1. The summed E-state index contributed by atoms with van der Waals surface area (Å²) in [4.78, 5) is 27.0. The third-order valence-electron chi connectivity index (χ3n) is 4.83. The molecule has 0 spiro atoms. The van der Waals surface area contributed by atoms with E-state index in [-0.39, 0.29) is 37.7 Å². The number of rotatable bonds is 8. The Morgan fingerprint density at radius 3 is 2.42 bits per heavy atom. The number of anilines is 2. The Balaban J connectivity index is 2.28. The van der Waals surface area contributed by atoms with Crippen LogP contribution in [-0.2, 0) is 14.3 Å². The van der Waals surface area contributed by atoms with Crippen molar-refractivity contribution in [2.24, 2.45) is 11.1 Å². The SMILES string of the molecule is CC(C)(C)CN(CC(F)(F)F)[C@H](CN)C(=O)Nc1ccc(N2CCOCC2=O)c(C(F)F)c1. The second-order valence-electron chi connectivity index (χ2n) is 8.99. The molecular formula is C21H29F5N4O3. The van der Waals surface area contributed by atoms with Crippen LogP contribution < -0.4 is 16.0 Å². The molecular weight excluding hydrogens is 451 g/mol. The molecule has 2 rings (SSSR count). The number of hydrogen-bond acceptors (Lipinski definition) is 5. The Hall–Kier alpha value is -2.31. The summed E-state index contributed by atoms with van der Waals surface area (Å²) in [5.74, 6) is -1.32. The van der Waals surface area contributed by atoms with Crippen molar-refractivity contribution in [3.63, 3.8) is 0 Å². The van der Waals surface area contributed by atoms with Crippen LogP contribution in [0.15, 0.2) is 18.2 Å². The van der Waals surface area contributed by atoms with Crippen molar-refractivity contribution in [1.82, 2.24) is 4.90 Å². The minimum atomic E-state index is -4.56. The third-order valence-corrected chi connectivity index (χ3v) is 4.83. The minimum Gasteiger partial charge on any atom is -0.370 e. The molecule has 0 unspecified atom stereocenters. The van der Waals surface area contributed by atoms with Gasteiger partial charge < -0.3 is 20.7 Å². The van der Waals surface area contributed by atoms with E-state index in [0.29, 0.717) is 0 Å². The molecule has 1 aliphatic heterocycles. The van der Waals surface area contributed by atoms with Crippen LogP contribution in [0.5, 0.6) is 0 Å². The molecule has 1 aliphatic rings. The molecule has 0 radical (unpaired) electrons. The highest BCUT2D eigenvalue weighted by Crippen LogP contribution is 2.33. The Kier molecular flexibility index (Phi) is 8.77. The molecule has 1 heterocycles. The lowest BCUT2D eigenvalue weighted by Crippen LogP contribution is -2.54. The molecule has 12 heteroatoms. The van der Waals surface area contributed by atoms with Crippen molar-refractivity contribution < 1.29 is 36.3 Å². The van der Waals surface area contributed by atoms with E-state index in [0.717, 1.165) is 11.0 Å². The van der Waals surface area contributed by atoms with Crippen LogP contribution in [0.1, 0.15) is 32.8 Å². The molecule has 3 N–H and O–H groups in total. The molecule has 186 valence electrons. The van der Waals surface area contributed by atoms with Crippen molar-refractivity contribution in [3.05, 3.63) is 23.8 Å². The van der Waals surface area contributed by atoms with E-state index in [1.54, 1.807) is 20.8 Å². The van der Waals surface area contributed by atoms with E-state index < -0.39 is 54.5 Å². The maximum atomic E-state index is 13.7. The van der Waals surface area contributed by atoms with Gasteiger partial charge in [-0.05, 0) is 23.6 Å². The minimum absolute atomic E-state index is 0.0156. The Labute approximate surface area is 189 Å². The summed E-state index contributed by atoms with van der Waals surface area (Å²) in [7, 11) is 0. The topological polar surface area (TPSA) is 87.9 Å². The summed E-state index contributed by atoms with van der Waals surface area (Å²) >= 11 is 0. The van der Waals surface area contributed by atoms with E-state index in [9.17, 15) is 31.5 Å². The molecule has 1 saturated heterocycles. The first-order chi connectivity index (χ1) is 15.2. The second-order valence-corrected chi connectivity index (χ2v) is 8.99. The Morgan fingerprint density at radius 2 is 1.91 bits per heavy atom. The zero-order chi connectivity index (χ0) is 25.0. The van der Waals surface area contributed by atoms with Gasteiger partial charge in [-0.2, -0.15) is 13.2 Å². The smallest absolute Gasteiger partial charge is 0.370 e. The monoisotopic (exact) mass is 480 g/mol. The molecule has 0 aliphatic carbocycles. The summed E-state index contributed by atoms with van der Waals surface area (Å²) in [5, 5.41) is 2.39. The van der Waals surface area contributed by atoms with Crippen LogP contribution in [-0.4, -0.2) is 68.3 Å². The van der Waals surface area contributed by atoms with Gasteiger partial charge in [-0.1, -0.05) is 20.8 Å². The van der Waals surface area contributed by atoms with Crippen molar-refractivity contribution in [3.8, 4) is 0 Å². The van der Waals surface area contributed by atoms with Crippen LogP contribution in [0.2, 0.25) is 0 Å². The predicted octanol–water partition coefficient (Wildman–Crippen LogP) is 3.16. The molecule has 0 bridgehead atoms. The van der Waals surface area contributed by atoms with Gasteiger partial charge in [0.1, 0.15) is 12.6 Å². The summed E-state index contributed by atoms with van der Waals surface area (Å²) < 4.78 is 71.8.